The zero-order chi connectivity index (χ0) is 21.1. The number of nitrogens with zero attached hydrogens (tertiary/aromatic N) is 3. The van der Waals surface area contributed by atoms with Gasteiger partial charge in [0, 0.05) is 12.4 Å². The van der Waals surface area contributed by atoms with Crippen LogP contribution in [0.25, 0.3) is 10.9 Å². The van der Waals surface area contributed by atoms with Crippen LogP contribution in [0.4, 0.5) is 4.39 Å². The number of hydrogen-bond acceptors (Lipinski definition) is 4. The number of amides is 1. The first-order chi connectivity index (χ1) is 14.5. The largest absolute Gasteiger partial charge is 0.346 e. The van der Waals surface area contributed by atoms with Crippen molar-refractivity contribution in [2.75, 3.05) is 0 Å². The molecule has 3 heterocycles. The average Bonchev–Trinajstić information content (AvgIpc) is 2.74. The molecule has 150 valence electrons. The Hall–Kier alpha value is -3.87. The second-order valence-corrected chi connectivity index (χ2v) is 6.94. The molecule has 0 bridgehead atoms. The van der Waals surface area contributed by atoms with Gasteiger partial charge in [0.25, 0.3) is 11.5 Å². The molecule has 0 fully saturated rings. The number of carbonyl (C=O) groups is 1. The number of pyridine rings is 3. The van der Waals surface area contributed by atoms with E-state index in [1.165, 1.54) is 16.7 Å². The van der Waals surface area contributed by atoms with E-state index in [2.05, 4.69) is 15.3 Å². The van der Waals surface area contributed by atoms with Crippen LogP contribution in [-0.4, -0.2) is 20.4 Å². The van der Waals surface area contributed by atoms with Crippen molar-refractivity contribution < 1.29 is 9.18 Å². The fourth-order valence-electron chi connectivity index (χ4n) is 3.26. The second kappa shape index (κ2) is 8.24. The molecule has 0 spiro atoms. The van der Waals surface area contributed by atoms with Gasteiger partial charge in [-0.3, -0.25) is 19.6 Å². The number of hydrogen-bond donors (Lipinski definition) is 1. The summed E-state index contributed by atoms with van der Waals surface area (Å²) in [6.45, 7) is 2.23. The van der Waals surface area contributed by atoms with Crippen LogP contribution in [0.5, 0.6) is 0 Å². The van der Waals surface area contributed by atoms with E-state index >= 15 is 0 Å². The van der Waals surface area contributed by atoms with Gasteiger partial charge in [0.2, 0.25) is 0 Å². The van der Waals surface area contributed by atoms with E-state index in [-0.39, 0.29) is 30.4 Å². The first kappa shape index (κ1) is 19.4. The molecule has 0 saturated heterocycles. The van der Waals surface area contributed by atoms with Gasteiger partial charge in [-0.2, -0.15) is 0 Å². The first-order valence-corrected chi connectivity index (χ1v) is 9.44. The first-order valence-electron chi connectivity index (χ1n) is 9.44. The van der Waals surface area contributed by atoms with Gasteiger partial charge in [0.1, 0.15) is 5.82 Å². The minimum absolute atomic E-state index is 0.224. The summed E-state index contributed by atoms with van der Waals surface area (Å²) in [5.74, 6) is -0.682. The van der Waals surface area contributed by atoms with Crippen molar-refractivity contribution in [3.8, 4) is 0 Å². The Bertz CT molecular complexity index is 1290. The normalized spacial score (nSPS) is 10.9. The summed E-state index contributed by atoms with van der Waals surface area (Å²) in [5, 5.41) is 3.14. The number of aryl methyl sites for hydroxylation is 1. The predicted molar refractivity (Wildman–Crippen MR) is 112 cm³/mol. The SMILES string of the molecule is Cc1nc2ccn(Cc3cccc(F)c3)c(=O)c2cc1C(=O)NCc1ccccn1. The molecular weight excluding hydrogens is 383 g/mol. The molecule has 4 rings (SSSR count). The van der Waals surface area contributed by atoms with Crippen molar-refractivity contribution in [3.05, 3.63) is 106 Å². The lowest BCUT2D eigenvalue weighted by Crippen LogP contribution is -2.26. The van der Waals surface area contributed by atoms with Gasteiger partial charge in [-0.05, 0) is 48.9 Å². The van der Waals surface area contributed by atoms with Gasteiger partial charge in [0.05, 0.1) is 40.9 Å². The summed E-state index contributed by atoms with van der Waals surface area (Å²) in [6, 6.07) is 14.9. The average molecular weight is 402 g/mol. The standard InChI is InChI=1S/C23H19FN4O2/c1-15-19(22(29)26-13-18-7-2-3-9-25-18)12-20-21(27-15)8-10-28(23(20)30)14-16-5-4-6-17(24)11-16/h2-12H,13-14H2,1H3,(H,26,29). The highest BCUT2D eigenvalue weighted by atomic mass is 19.1. The highest BCUT2D eigenvalue weighted by Crippen LogP contribution is 2.14. The van der Waals surface area contributed by atoms with E-state index in [1.54, 1.807) is 49.6 Å². The summed E-state index contributed by atoms with van der Waals surface area (Å²) < 4.78 is 14.9. The number of halogens is 1. The van der Waals surface area contributed by atoms with Crippen LogP contribution < -0.4 is 10.9 Å². The lowest BCUT2D eigenvalue weighted by atomic mass is 10.1. The molecule has 0 aliphatic rings. The van der Waals surface area contributed by atoms with Gasteiger partial charge in [0.15, 0.2) is 0 Å². The highest BCUT2D eigenvalue weighted by molar-refractivity contribution is 5.98. The van der Waals surface area contributed by atoms with E-state index in [9.17, 15) is 14.0 Å². The number of benzene rings is 1. The molecule has 0 saturated carbocycles. The molecule has 1 N–H and O–H groups in total. The Balaban J connectivity index is 1.64. The van der Waals surface area contributed by atoms with Gasteiger partial charge < -0.3 is 9.88 Å². The van der Waals surface area contributed by atoms with Crippen LogP contribution in [0.3, 0.4) is 0 Å². The van der Waals surface area contributed by atoms with Crippen LogP contribution in [0.2, 0.25) is 0 Å². The Labute approximate surface area is 172 Å². The third-order valence-electron chi connectivity index (χ3n) is 4.79. The minimum atomic E-state index is -0.356. The molecule has 1 amide bonds. The molecule has 7 heteroatoms. The van der Waals surface area contributed by atoms with Crippen LogP contribution in [0.1, 0.15) is 27.3 Å². The fraction of sp³-hybridized carbons (Fsp3) is 0.130. The lowest BCUT2D eigenvalue weighted by molar-refractivity contribution is 0.0949. The molecule has 0 radical (unpaired) electrons. The van der Waals surface area contributed by atoms with Crippen LogP contribution in [0, 0.1) is 12.7 Å². The van der Waals surface area contributed by atoms with Gasteiger partial charge in [-0.1, -0.05) is 18.2 Å². The van der Waals surface area contributed by atoms with Crippen molar-refractivity contribution in [1.29, 1.82) is 0 Å². The van der Waals surface area contributed by atoms with E-state index in [0.29, 0.717) is 27.7 Å². The number of nitrogens with one attached hydrogen (secondary N) is 1. The molecule has 0 unspecified atom stereocenters. The number of carbonyl (C=O) groups excluding carboxylic acids is 1. The van der Waals surface area contributed by atoms with Crippen molar-refractivity contribution in [1.82, 2.24) is 19.9 Å². The van der Waals surface area contributed by atoms with Crippen LogP contribution in [0.15, 0.2) is 71.8 Å². The maximum Gasteiger partial charge on any atom is 0.260 e. The molecule has 1 aromatic carbocycles. The van der Waals surface area contributed by atoms with Crippen molar-refractivity contribution in [3.63, 3.8) is 0 Å². The maximum absolute atomic E-state index is 13.5. The Morgan fingerprint density at radius 3 is 2.77 bits per heavy atom. The Morgan fingerprint density at radius 1 is 1.13 bits per heavy atom. The van der Waals surface area contributed by atoms with Gasteiger partial charge in [-0.15, -0.1) is 0 Å². The Kier molecular flexibility index (Phi) is 5.34. The molecular formula is C23H19FN4O2. The maximum atomic E-state index is 13.5. The minimum Gasteiger partial charge on any atom is -0.346 e. The summed E-state index contributed by atoms with van der Waals surface area (Å²) in [6.07, 6.45) is 3.29. The summed E-state index contributed by atoms with van der Waals surface area (Å²) in [4.78, 5) is 34.3. The van der Waals surface area contributed by atoms with Crippen molar-refractivity contribution in [2.45, 2.75) is 20.0 Å². The third-order valence-corrected chi connectivity index (χ3v) is 4.79. The third kappa shape index (κ3) is 4.10. The van der Waals surface area contributed by atoms with E-state index in [1.807, 2.05) is 12.1 Å². The van der Waals surface area contributed by atoms with E-state index in [4.69, 9.17) is 0 Å². The van der Waals surface area contributed by atoms with E-state index < -0.39 is 0 Å². The lowest BCUT2D eigenvalue weighted by Gasteiger charge is -2.11. The molecule has 0 aliphatic carbocycles. The van der Waals surface area contributed by atoms with Crippen molar-refractivity contribution >= 4 is 16.8 Å². The summed E-state index contributed by atoms with van der Waals surface area (Å²) in [5.41, 5.74) is 2.49. The predicted octanol–water partition coefficient (Wildman–Crippen LogP) is 3.22. The zero-order valence-corrected chi connectivity index (χ0v) is 16.3. The smallest absolute Gasteiger partial charge is 0.260 e. The van der Waals surface area contributed by atoms with Gasteiger partial charge in [-0.25, -0.2) is 4.39 Å². The molecule has 0 atom stereocenters. The van der Waals surface area contributed by atoms with Crippen LogP contribution in [-0.2, 0) is 13.1 Å². The highest BCUT2D eigenvalue weighted by Gasteiger charge is 2.14. The molecule has 30 heavy (non-hydrogen) atoms. The quantitative estimate of drug-likeness (QED) is 0.556. The molecule has 0 aliphatic heterocycles. The van der Waals surface area contributed by atoms with E-state index in [0.717, 1.165) is 5.69 Å². The summed E-state index contributed by atoms with van der Waals surface area (Å²) in [7, 11) is 0. The van der Waals surface area contributed by atoms with Crippen molar-refractivity contribution in [2.24, 2.45) is 0 Å². The number of rotatable bonds is 5. The number of aromatic nitrogens is 3. The second-order valence-electron chi connectivity index (χ2n) is 6.94. The Morgan fingerprint density at radius 2 is 2.00 bits per heavy atom. The zero-order valence-electron chi connectivity index (χ0n) is 16.3. The molecule has 4 aromatic rings. The topological polar surface area (TPSA) is 76.9 Å². The monoisotopic (exact) mass is 402 g/mol. The number of fused-ring (bicyclic) bond motifs is 1. The van der Waals surface area contributed by atoms with Crippen LogP contribution >= 0.6 is 0 Å². The molecule has 3 aromatic heterocycles. The summed E-state index contributed by atoms with van der Waals surface area (Å²) >= 11 is 0. The van der Waals surface area contributed by atoms with Gasteiger partial charge >= 0.3 is 0 Å². The fourth-order valence-corrected chi connectivity index (χ4v) is 3.26. The molecule has 6 nitrogen and oxygen atoms in total.